The van der Waals surface area contributed by atoms with Crippen molar-refractivity contribution in [1.82, 2.24) is 10.6 Å². The number of benzene rings is 2. The Labute approximate surface area is 153 Å². The summed E-state index contributed by atoms with van der Waals surface area (Å²) in [5.74, 6) is 2.06. The Morgan fingerprint density at radius 1 is 0.962 bits per heavy atom. The van der Waals surface area contributed by atoms with Crippen LogP contribution in [-0.2, 0) is 0 Å². The van der Waals surface area contributed by atoms with Gasteiger partial charge in [0.1, 0.15) is 5.75 Å². The van der Waals surface area contributed by atoms with Crippen LogP contribution in [-0.4, -0.2) is 27.4 Å². The van der Waals surface area contributed by atoms with Gasteiger partial charge >= 0.3 is 6.03 Å². The lowest BCUT2D eigenvalue weighted by Crippen LogP contribution is -2.34. The highest BCUT2D eigenvalue weighted by molar-refractivity contribution is 5.76. The van der Waals surface area contributed by atoms with Gasteiger partial charge in [0.15, 0.2) is 11.5 Å². The Morgan fingerprint density at radius 2 is 1.65 bits per heavy atom. The first-order valence-corrected chi connectivity index (χ1v) is 8.17. The topological polar surface area (TPSA) is 68.8 Å². The summed E-state index contributed by atoms with van der Waals surface area (Å²) in [6, 6.07) is 12.6. The fourth-order valence-corrected chi connectivity index (χ4v) is 2.37. The van der Waals surface area contributed by atoms with Crippen molar-refractivity contribution >= 4 is 12.1 Å². The van der Waals surface area contributed by atoms with Gasteiger partial charge in [0.2, 0.25) is 0 Å². The van der Waals surface area contributed by atoms with Crippen molar-refractivity contribution in [2.75, 3.05) is 21.3 Å². The van der Waals surface area contributed by atoms with E-state index in [-0.39, 0.29) is 12.1 Å². The average molecular weight is 356 g/mol. The van der Waals surface area contributed by atoms with Crippen molar-refractivity contribution < 1.29 is 19.0 Å². The van der Waals surface area contributed by atoms with E-state index in [9.17, 15) is 4.79 Å². The van der Waals surface area contributed by atoms with Crippen LogP contribution < -0.4 is 24.8 Å². The molecule has 0 aliphatic heterocycles. The highest BCUT2D eigenvalue weighted by Gasteiger charge is 2.12. The minimum atomic E-state index is -0.294. The molecule has 2 aromatic carbocycles. The van der Waals surface area contributed by atoms with E-state index < -0.39 is 0 Å². The van der Waals surface area contributed by atoms with Crippen LogP contribution in [0.3, 0.4) is 0 Å². The number of ether oxygens (including phenoxy) is 3. The molecule has 6 nitrogen and oxygen atoms in total. The van der Waals surface area contributed by atoms with E-state index in [2.05, 4.69) is 10.6 Å². The van der Waals surface area contributed by atoms with Crippen LogP contribution in [0, 0.1) is 0 Å². The third-order valence-electron chi connectivity index (χ3n) is 3.86. The maximum absolute atomic E-state index is 12.0. The molecule has 26 heavy (non-hydrogen) atoms. The third kappa shape index (κ3) is 5.17. The summed E-state index contributed by atoms with van der Waals surface area (Å²) in [4.78, 5) is 12.0. The Balaban J connectivity index is 1.91. The monoisotopic (exact) mass is 356 g/mol. The third-order valence-corrected chi connectivity index (χ3v) is 3.86. The van der Waals surface area contributed by atoms with Crippen molar-refractivity contribution in [1.29, 1.82) is 0 Å². The predicted molar refractivity (Wildman–Crippen MR) is 102 cm³/mol. The van der Waals surface area contributed by atoms with Crippen LogP contribution >= 0.6 is 0 Å². The second kappa shape index (κ2) is 9.36. The van der Waals surface area contributed by atoms with Crippen molar-refractivity contribution in [2.45, 2.75) is 13.0 Å². The molecule has 0 heterocycles. The van der Waals surface area contributed by atoms with Crippen LogP contribution in [0.4, 0.5) is 4.79 Å². The van der Waals surface area contributed by atoms with Crippen molar-refractivity contribution in [3.8, 4) is 17.2 Å². The molecule has 0 aliphatic carbocycles. The maximum atomic E-state index is 12.0. The van der Waals surface area contributed by atoms with Crippen molar-refractivity contribution in [2.24, 2.45) is 0 Å². The van der Waals surface area contributed by atoms with E-state index in [1.54, 1.807) is 33.6 Å². The molecule has 0 aliphatic rings. The fourth-order valence-electron chi connectivity index (χ4n) is 2.37. The summed E-state index contributed by atoms with van der Waals surface area (Å²) in [5, 5.41) is 5.57. The van der Waals surface area contributed by atoms with Gasteiger partial charge in [-0.3, -0.25) is 0 Å². The number of rotatable bonds is 7. The zero-order valence-corrected chi connectivity index (χ0v) is 15.4. The first-order valence-electron chi connectivity index (χ1n) is 8.17. The molecule has 1 atom stereocenters. The zero-order chi connectivity index (χ0) is 18.9. The number of carbonyl (C=O) groups excluding carboxylic acids is 1. The molecule has 2 amide bonds. The van der Waals surface area contributed by atoms with E-state index in [1.807, 2.05) is 49.4 Å². The molecule has 2 aromatic rings. The number of hydrogen-bond donors (Lipinski definition) is 2. The quantitative estimate of drug-likeness (QED) is 0.793. The largest absolute Gasteiger partial charge is 0.497 e. The van der Waals surface area contributed by atoms with Gasteiger partial charge in [-0.15, -0.1) is 0 Å². The van der Waals surface area contributed by atoms with Gasteiger partial charge in [-0.05, 0) is 48.4 Å². The highest BCUT2D eigenvalue weighted by atomic mass is 16.5. The summed E-state index contributed by atoms with van der Waals surface area (Å²) in [6.45, 7) is 1.90. The number of hydrogen-bond acceptors (Lipinski definition) is 4. The van der Waals surface area contributed by atoms with Gasteiger partial charge < -0.3 is 24.8 Å². The summed E-state index contributed by atoms with van der Waals surface area (Å²) in [7, 11) is 4.79. The molecule has 1 unspecified atom stereocenters. The molecule has 0 saturated heterocycles. The summed E-state index contributed by atoms with van der Waals surface area (Å²) in [5.41, 5.74) is 1.87. The van der Waals surface area contributed by atoms with E-state index in [0.717, 1.165) is 16.9 Å². The maximum Gasteiger partial charge on any atom is 0.319 e. The molecule has 6 heteroatoms. The summed E-state index contributed by atoms with van der Waals surface area (Å²) in [6.07, 6.45) is 3.40. The molecule has 0 aromatic heterocycles. The lowest BCUT2D eigenvalue weighted by Gasteiger charge is -2.16. The van der Waals surface area contributed by atoms with Crippen LogP contribution in [0.2, 0.25) is 0 Å². The second-order valence-corrected chi connectivity index (χ2v) is 5.56. The highest BCUT2D eigenvalue weighted by Crippen LogP contribution is 2.29. The smallest absolute Gasteiger partial charge is 0.319 e. The van der Waals surface area contributed by atoms with Crippen LogP contribution in [0.1, 0.15) is 24.1 Å². The Morgan fingerprint density at radius 3 is 2.27 bits per heavy atom. The zero-order valence-electron chi connectivity index (χ0n) is 15.4. The summed E-state index contributed by atoms with van der Waals surface area (Å²) < 4.78 is 15.6. The van der Waals surface area contributed by atoms with E-state index in [0.29, 0.717) is 11.5 Å². The first-order chi connectivity index (χ1) is 12.6. The number of methoxy groups -OCH3 is 3. The molecule has 0 fully saturated rings. The van der Waals surface area contributed by atoms with E-state index >= 15 is 0 Å². The molecule has 2 rings (SSSR count). The lowest BCUT2D eigenvalue weighted by molar-refractivity contribution is 0.241. The SMILES string of the molecule is COc1ccc(/C=C/NC(=O)NC(C)c2ccc(OC)c(OC)c2)cc1. The fraction of sp³-hybridized carbons (Fsp3) is 0.250. The Kier molecular flexibility index (Phi) is 6.91. The Bertz CT molecular complexity index is 757. The van der Waals surface area contributed by atoms with Gasteiger partial charge in [0.25, 0.3) is 0 Å². The van der Waals surface area contributed by atoms with Gasteiger partial charge in [-0.2, -0.15) is 0 Å². The van der Waals surface area contributed by atoms with Crippen molar-refractivity contribution in [3.05, 3.63) is 59.8 Å². The number of nitrogens with one attached hydrogen (secondary N) is 2. The lowest BCUT2D eigenvalue weighted by atomic mass is 10.1. The van der Waals surface area contributed by atoms with Gasteiger partial charge in [0, 0.05) is 6.20 Å². The molecular weight excluding hydrogens is 332 g/mol. The summed E-state index contributed by atoms with van der Waals surface area (Å²) >= 11 is 0. The average Bonchev–Trinajstić information content (AvgIpc) is 2.67. The normalized spacial score (nSPS) is 11.7. The molecule has 0 bridgehead atoms. The molecule has 0 radical (unpaired) electrons. The minimum absolute atomic E-state index is 0.191. The van der Waals surface area contributed by atoms with Crippen LogP contribution in [0.25, 0.3) is 6.08 Å². The van der Waals surface area contributed by atoms with Gasteiger partial charge in [0.05, 0.1) is 27.4 Å². The van der Waals surface area contributed by atoms with Crippen molar-refractivity contribution in [3.63, 3.8) is 0 Å². The minimum Gasteiger partial charge on any atom is -0.497 e. The van der Waals surface area contributed by atoms with E-state index in [1.165, 1.54) is 0 Å². The van der Waals surface area contributed by atoms with Crippen LogP contribution in [0.15, 0.2) is 48.7 Å². The number of carbonyl (C=O) groups is 1. The van der Waals surface area contributed by atoms with Crippen LogP contribution in [0.5, 0.6) is 17.2 Å². The van der Waals surface area contributed by atoms with E-state index in [4.69, 9.17) is 14.2 Å². The first kappa shape index (κ1) is 19.2. The van der Waals surface area contributed by atoms with Gasteiger partial charge in [-0.1, -0.05) is 18.2 Å². The number of urea groups is 1. The molecule has 138 valence electrons. The molecular formula is C20H24N2O4. The second-order valence-electron chi connectivity index (χ2n) is 5.56. The molecule has 2 N–H and O–H groups in total. The van der Waals surface area contributed by atoms with Gasteiger partial charge in [-0.25, -0.2) is 4.79 Å². The molecule has 0 spiro atoms. The Hall–Kier alpha value is -3.15. The number of amides is 2. The molecule has 0 saturated carbocycles. The predicted octanol–water partition coefficient (Wildman–Crippen LogP) is 3.74. The standard InChI is InChI=1S/C20H24N2O4/c1-14(16-7-10-18(25-3)19(13-16)26-4)22-20(23)21-12-11-15-5-8-17(24-2)9-6-15/h5-14H,1-4H3,(H2,21,22,23)/b12-11+.